The maximum atomic E-state index is 13.8. The van der Waals surface area contributed by atoms with Gasteiger partial charge in [0.15, 0.2) is 10.3 Å². The summed E-state index contributed by atoms with van der Waals surface area (Å²) in [6, 6.07) is 8.30. The third-order valence-corrected chi connectivity index (χ3v) is 10.5. The second kappa shape index (κ2) is 12.4. The molecule has 10 nitrogen and oxygen atoms in total. The highest BCUT2D eigenvalue weighted by molar-refractivity contribution is 8.01. The first-order chi connectivity index (χ1) is 21.1. The molecule has 0 spiro atoms. The Kier molecular flexibility index (Phi) is 8.56. The fourth-order valence-electron chi connectivity index (χ4n) is 6.18. The van der Waals surface area contributed by atoms with E-state index < -0.39 is 16.7 Å². The molecule has 0 unspecified atom stereocenters. The highest BCUT2D eigenvalue weighted by Gasteiger charge is 2.36. The molecule has 44 heavy (non-hydrogen) atoms. The molecule has 0 bridgehead atoms. The molecular weight excluding hydrogens is 597 g/mol. The van der Waals surface area contributed by atoms with Crippen molar-refractivity contribution in [3.05, 3.63) is 64.0 Å². The summed E-state index contributed by atoms with van der Waals surface area (Å²) in [5, 5.41) is 27.4. The molecule has 2 aliphatic carbocycles. The van der Waals surface area contributed by atoms with Gasteiger partial charge in [-0.15, -0.1) is 15.3 Å². The predicted molar refractivity (Wildman–Crippen MR) is 169 cm³/mol. The minimum atomic E-state index is -1.06. The Labute approximate surface area is 265 Å². The van der Waals surface area contributed by atoms with Crippen molar-refractivity contribution in [1.29, 1.82) is 0 Å². The summed E-state index contributed by atoms with van der Waals surface area (Å²) in [5.41, 5.74) is 9.54. The van der Waals surface area contributed by atoms with Crippen LogP contribution in [0.25, 0.3) is 11.4 Å². The van der Waals surface area contributed by atoms with Crippen LogP contribution < -0.4 is 4.74 Å². The Morgan fingerprint density at radius 2 is 1.43 bits per heavy atom. The van der Waals surface area contributed by atoms with Gasteiger partial charge < -0.3 is 9.84 Å². The molecule has 0 atom stereocenters. The normalized spacial score (nSPS) is 14.6. The number of benzene rings is 2. The van der Waals surface area contributed by atoms with Gasteiger partial charge in [0.05, 0.1) is 17.1 Å². The van der Waals surface area contributed by atoms with Gasteiger partial charge in [0.2, 0.25) is 0 Å². The van der Waals surface area contributed by atoms with Crippen molar-refractivity contribution in [2.24, 2.45) is 0 Å². The van der Waals surface area contributed by atoms with Crippen molar-refractivity contribution < 1.29 is 19.4 Å². The number of hydrogen-bond donors (Lipinski definition) is 1. The Bertz CT molecular complexity index is 1740. The summed E-state index contributed by atoms with van der Waals surface area (Å²) in [5.74, 6) is -1.68. The number of aliphatic carboxylic acids is 1. The quantitative estimate of drug-likeness (QED) is 0.177. The van der Waals surface area contributed by atoms with Gasteiger partial charge in [-0.3, -0.25) is 14.2 Å². The molecule has 0 radical (unpaired) electrons. The molecule has 0 amide bonds. The van der Waals surface area contributed by atoms with Crippen LogP contribution >= 0.6 is 23.5 Å². The van der Waals surface area contributed by atoms with Crippen LogP contribution in [0.1, 0.15) is 72.9 Å². The fourth-order valence-corrected chi connectivity index (χ4v) is 7.75. The molecule has 0 saturated carbocycles. The van der Waals surface area contributed by atoms with E-state index in [9.17, 15) is 14.7 Å². The Morgan fingerprint density at radius 3 is 2.07 bits per heavy atom. The standard InChI is InChI=1S/C32H36N6O4S2/c1-19-13-15-25(23-11-7-5-9-21(19)23)37-18-33-35-30(37)44-32(3,4)28(41)42-29-34-36-31(43-17-27(39)40)38(29)26-16-14-20(2)22-10-6-8-12-24(22)26/h13-16,18H,5-12,17H2,1-4H3,(H,39,40). The van der Waals surface area contributed by atoms with E-state index in [0.717, 1.165) is 73.6 Å². The van der Waals surface area contributed by atoms with Crippen LogP contribution in [-0.4, -0.2) is 57.1 Å². The number of carboxylic acids is 1. The number of esters is 1. The van der Waals surface area contributed by atoms with Crippen molar-refractivity contribution in [3.63, 3.8) is 0 Å². The zero-order chi connectivity index (χ0) is 31.0. The summed E-state index contributed by atoms with van der Waals surface area (Å²) in [4.78, 5) is 25.2. The van der Waals surface area contributed by atoms with Crippen molar-refractivity contribution in [2.45, 2.75) is 94.1 Å². The van der Waals surface area contributed by atoms with Crippen molar-refractivity contribution in [3.8, 4) is 17.4 Å². The zero-order valence-electron chi connectivity index (χ0n) is 25.4. The molecule has 2 aromatic heterocycles. The minimum absolute atomic E-state index is 0.0160. The van der Waals surface area contributed by atoms with Gasteiger partial charge in [0.1, 0.15) is 11.1 Å². The van der Waals surface area contributed by atoms with Gasteiger partial charge in [0, 0.05) is 0 Å². The second-order valence-electron chi connectivity index (χ2n) is 11.9. The van der Waals surface area contributed by atoms with E-state index in [0.29, 0.717) is 10.3 Å². The summed E-state index contributed by atoms with van der Waals surface area (Å²) in [7, 11) is 0. The molecule has 6 rings (SSSR count). The molecular formula is C32H36N6O4S2. The number of carbonyl (C=O) groups is 2. The summed E-state index contributed by atoms with van der Waals surface area (Å²) < 4.78 is 8.58. The van der Waals surface area contributed by atoms with E-state index in [1.807, 2.05) is 16.7 Å². The summed E-state index contributed by atoms with van der Waals surface area (Å²) >= 11 is 2.33. The van der Waals surface area contributed by atoms with Crippen molar-refractivity contribution in [2.75, 3.05) is 5.75 Å². The van der Waals surface area contributed by atoms with Crippen LogP contribution in [0, 0.1) is 13.8 Å². The van der Waals surface area contributed by atoms with Gasteiger partial charge in [-0.2, -0.15) is 0 Å². The summed E-state index contributed by atoms with van der Waals surface area (Å²) in [6.07, 6.45) is 10.1. The second-order valence-corrected chi connectivity index (χ2v) is 14.4. The van der Waals surface area contributed by atoms with Gasteiger partial charge in [-0.25, -0.2) is 4.57 Å². The lowest BCUT2D eigenvalue weighted by atomic mass is 9.87. The van der Waals surface area contributed by atoms with E-state index >= 15 is 0 Å². The average Bonchev–Trinajstić information content (AvgIpc) is 3.63. The Hall–Kier alpha value is -3.64. The van der Waals surface area contributed by atoms with Crippen LogP contribution in [0.4, 0.5) is 0 Å². The molecule has 2 aliphatic rings. The smallest absolute Gasteiger partial charge is 0.330 e. The Morgan fingerprint density at radius 1 is 0.841 bits per heavy atom. The summed E-state index contributed by atoms with van der Waals surface area (Å²) in [6.45, 7) is 7.84. The number of aryl methyl sites for hydroxylation is 2. The van der Waals surface area contributed by atoms with Crippen molar-refractivity contribution in [1.82, 2.24) is 29.5 Å². The molecule has 230 valence electrons. The minimum Gasteiger partial charge on any atom is -0.481 e. The van der Waals surface area contributed by atoms with Crippen LogP contribution in [0.15, 0.2) is 40.9 Å². The number of rotatable bonds is 9. The van der Waals surface area contributed by atoms with Crippen LogP contribution in [0.5, 0.6) is 6.01 Å². The number of thioether (sulfide) groups is 2. The first-order valence-electron chi connectivity index (χ1n) is 15.0. The van der Waals surface area contributed by atoms with Crippen molar-refractivity contribution >= 4 is 35.5 Å². The topological polar surface area (TPSA) is 125 Å². The lowest BCUT2D eigenvalue weighted by Gasteiger charge is -2.25. The van der Waals surface area contributed by atoms with E-state index in [2.05, 4.69) is 46.4 Å². The predicted octanol–water partition coefficient (Wildman–Crippen LogP) is 5.88. The van der Waals surface area contributed by atoms with Crippen LogP contribution in [0.3, 0.4) is 0 Å². The molecule has 2 heterocycles. The maximum Gasteiger partial charge on any atom is 0.330 e. The van der Waals surface area contributed by atoms with E-state index in [4.69, 9.17) is 4.74 Å². The molecule has 0 aliphatic heterocycles. The van der Waals surface area contributed by atoms with E-state index in [-0.39, 0.29) is 11.8 Å². The Balaban J connectivity index is 1.31. The lowest BCUT2D eigenvalue weighted by molar-refractivity contribution is -0.137. The zero-order valence-corrected chi connectivity index (χ0v) is 27.1. The fraction of sp³-hybridized carbons (Fsp3) is 0.438. The highest BCUT2D eigenvalue weighted by Crippen LogP contribution is 2.38. The number of fused-ring (bicyclic) bond motifs is 2. The first kappa shape index (κ1) is 30.4. The first-order valence-corrected chi connectivity index (χ1v) is 16.8. The SMILES string of the molecule is Cc1ccc(-n2cnnc2SC(C)(C)C(=O)Oc2nnc(SCC(=O)O)n2-c2ccc(C)c3c2CCCC3)c2c1CCCC2. The van der Waals surface area contributed by atoms with Crippen LogP contribution in [0.2, 0.25) is 0 Å². The molecule has 4 aromatic rings. The number of aromatic nitrogens is 6. The van der Waals surface area contributed by atoms with Gasteiger partial charge >= 0.3 is 17.9 Å². The molecule has 0 fully saturated rings. The third-order valence-electron chi connectivity index (χ3n) is 8.46. The van der Waals surface area contributed by atoms with Gasteiger partial charge in [-0.1, -0.05) is 40.8 Å². The lowest BCUT2D eigenvalue weighted by Crippen LogP contribution is -2.33. The largest absolute Gasteiger partial charge is 0.481 e. The number of hydrogen-bond acceptors (Lipinski definition) is 9. The monoisotopic (exact) mass is 632 g/mol. The number of nitrogens with zero attached hydrogens (tertiary/aromatic N) is 6. The number of carboxylic acid groups (broad SMARTS) is 1. The molecule has 2 aromatic carbocycles. The average molecular weight is 633 g/mol. The van der Waals surface area contributed by atoms with Gasteiger partial charge in [-0.05, 0) is 125 Å². The van der Waals surface area contributed by atoms with Gasteiger partial charge in [0.25, 0.3) is 0 Å². The third kappa shape index (κ3) is 5.89. The number of ether oxygens (including phenoxy) is 1. The number of carbonyl (C=O) groups excluding carboxylic acids is 1. The van der Waals surface area contributed by atoms with E-state index in [1.165, 1.54) is 46.0 Å². The maximum absolute atomic E-state index is 13.8. The van der Waals surface area contributed by atoms with E-state index in [1.54, 1.807) is 24.7 Å². The van der Waals surface area contributed by atoms with Crippen LogP contribution in [-0.2, 0) is 35.3 Å². The molecule has 1 N–H and O–H groups in total. The molecule has 0 saturated heterocycles. The highest BCUT2D eigenvalue weighted by atomic mass is 32.2. The molecule has 12 heteroatoms.